The van der Waals surface area contributed by atoms with Crippen molar-refractivity contribution in [2.24, 2.45) is 0 Å². The van der Waals surface area contributed by atoms with Crippen LogP contribution in [-0.2, 0) is 4.79 Å². The van der Waals surface area contributed by atoms with Crippen LogP contribution in [0.3, 0.4) is 0 Å². The summed E-state index contributed by atoms with van der Waals surface area (Å²) in [6.45, 7) is 1.37. The Kier molecular flexibility index (Phi) is 3.19. The standard InChI is InChI=1S/C9H9ClO4/c1-5(9(12)13)14-8-3-2-6(10)4-7(8)11/h2-5,11H,1H3,(H,12,13)/t5-/m0/s1. The van der Waals surface area contributed by atoms with Gasteiger partial charge in [0.25, 0.3) is 0 Å². The molecular formula is C9H9ClO4. The highest BCUT2D eigenvalue weighted by Gasteiger charge is 2.14. The molecule has 0 radical (unpaired) electrons. The number of halogens is 1. The summed E-state index contributed by atoms with van der Waals surface area (Å²) in [6.07, 6.45) is -1.01. The van der Waals surface area contributed by atoms with E-state index in [9.17, 15) is 9.90 Å². The van der Waals surface area contributed by atoms with Crippen LogP contribution in [0.2, 0.25) is 5.02 Å². The topological polar surface area (TPSA) is 66.8 Å². The van der Waals surface area contributed by atoms with E-state index in [0.717, 1.165) is 0 Å². The Balaban J connectivity index is 2.82. The number of hydrogen-bond donors (Lipinski definition) is 2. The van der Waals surface area contributed by atoms with Crippen LogP contribution < -0.4 is 4.74 Å². The molecule has 0 fully saturated rings. The van der Waals surface area contributed by atoms with E-state index in [2.05, 4.69) is 0 Å². The Bertz CT molecular complexity index is 351. The molecule has 0 spiro atoms. The summed E-state index contributed by atoms with van der Waals surface area (Å²) < 4.78 is 4.95. The third-order valence-corrected chi connectivity index (χ3v) is 1.81. The van der Waals surface area contributed by atoms with Crippen LogP contribution in [0.1, 0.15) is 6.92 Å². The van der Waals surface area contributed by atoms with Crippen LogP contribution in [0.4, 0.5) is 0 Å². The first kappa shape index (κ1) is 10.7. The monoisotopic (exact) mass is 216 g/mol. The molecule has 1 aromatic carbocycles. The van der Waals surface area contributed by atoms with Gasteiger partial charge < -0.3 is 14.9 Å². The summed E-state index contributed by atoms with van der Waals surface area (Å²) in [5.41, 5.74) is 0. The molecule has 0 bridgehead atoms. The fourth-order valence-electron chi connectivity index (χ4n) is 0.831. The van der Waals surface area contributed by atoms with Crippen molar-refractivity contribution in [2.45, 2.75) is 13.0 Å². The maximum atomic E-state index is 10.4. The predicted octanol–water partition coefficient (Wildman–Crippen LogP) is 1.90. The number of carboxylic acids is 1. The Hall–Kier alpha value is -1.42. The van der Waals surface area contributed by atoms with Gasteiger partial charge in [0.1, 0.15) is 0 Å². The summed E-state index contributed by atoms with van der Waals surface area (Å²) >= 11 is 5.58. The molecule has 2 N–H and O–H groups in total. The quantitative estimate of drug-likeness (QED) is 0.810. The minimum Gasteiger partial charge on any atom is -0.504 e. The molecule has 0 aliphatic rings. The van der Waals surface area contributed by atoms with Crippen molar-refractivity contribution < 1.29 is 19.7 Å². The van der Waals surface area contributed by atoms with Crippen molar-refractivity contribution in [2.75, 3.05) is 0 Å². The number of ether oxygens (including phenoxy) is 1. The maximum Gasteiger partial charge on any atom is 0.344 e. The minimum atomic E-state index is -1.10. The van der Waals surface area contributed by atoms with Crippen LogP contribution in [0, 0.1) is 0 Å². The van der Waals surface area contributed by atoms with Crippen molar-refractivity contribution in [1.82, 2.24) is 0 Å². The Morgan fingerprint density at radius 3 is 2.71 bits per heavy atom. The zero-order valence-electron chi connectivity index (χ0n) is 7.40. The smallest absolute Gasteiger partial charge is 0.344 e. The largest absolute Gasteiger partial charge is 0.504 e. The van der Waals surface area contributed by atoms with Gasteiger partial charge in [0.05, 0.1) is 0 Å². The SMILES string of the molecule is C[C@H](Oc1ccc(Cl)cc1O)C(=O)O. The third-order valence-electron chi connectivity index (χ3n) is 1.57. The zero-order chi connectivity index (χ0) is 10.7. The van der Waals surface area contributed by atoms with Crippen molar-refractivity contribution >= 4 is 17.6 Å². The average molecular weight is 217 g/mol. The fourth-order valence-corrected chi connectivity index (χ4v) is 0.997. The van der Waals surface area contributed by atoms with Gasteiger partial charge in [-0.15, -0.1) is 0 Å². The van der Waals surface area contributed by atoms with E-state index in [4.69, 9.17) is 21.4 Å². The highest BCUT2D eigenvalue weighted by molar-refractivity contribution is 6.30. The molecule has 76 valence electrons. The molecule has 1 rings (SSSR count). The lowest BCUT2D eigenvalue weighted by Gasteiger charge is -2.11. The number of aromatic hydroxyl groups is 1. The van der Waals surface area contributed by atoms with Crippen LogP contribution in [0.25, 0.3) is 0 Å². The van der Waals surface area contributed by atoms with E-state index in [1.807, 2.05) is 0 Å². The Morgan fingerprint density at radius 1 is 1.57 bits per heavy atom. The zero-order valence-corrected chi connectivity index (χ0v) is 8.15. The highest BCUT2D eigenvalue weighted by Crippen LogP contribution is 2.29. The first-order valence-corrected chi connectivity index (χ1v) is 4.26. The second kappa shape index (κ2) is 4.19. The first-order chi connectivity index (χ1) is 6.50. The fraction of sp³-hybridized carbons (Fsp3) is 0.222. The van der Waals surface area contributed by atoms with E-state index in [1.165, 1.54) is 25.1 Å². The van der Waals surface area contributed by atoms with E-state index >= 15 is 0 Å². The van der Waals surface area contributed by atoms with Crippen molar-refractivity contribution in [3.05, 3.63) is 23.2 Å². The van der Waals surface area contributed by atoms with Gasteiger partial charge in [-0.05, 0) is 19.1 Å². The van der Waals surface area contributed by atoms with Gasteiger partial charge in [0.2, 0.25) is 0 Å². The molecule has 0 saturated carbocycles. The summed E-state index contributed by atoms with van der Waals surface area (Å²) in [5.74, 6) is -1.17. The molecule has 1 aromatic rings. The Labute approximate surface area is 85.7 Å². The van der Waals surface area contributed by atoms with Crippen LogP contribution >= 0.6 is 11.6 Å². The molecule has 1 atom stereocenters. The van der Waals surface area contributed by atoms with E-state index in [-0.39, 0.29) is 11.5 Å². The predicted molar refractivity (Wildman–Crippen MR) is 50.8 cm³/mol. The molecule has 0 heterocycles. The number of carboxylic acid groups (broad SMARTS) is 1. The number of phenols is 1. The number of rotatable bonds is 3. The summed E-state index contributed by atoms with van der Waals surface area (Å²) in [4.78, 5) is 10.4. The van der Waals surface area contributed by atoms with Crippen LogP contribution in [0.5, 0.6) is 11.5 Å². The van der Waals surface area contributed by atoms with Crippen molar-refractivity contribution in [3.8, 4) is 11.5 Å². The second-order valence-corrected chi connectivity index (χ2v) is 3.15. The summed E-state index contributed by atoms with van der Waals surface area (Å²) in [7, 11) is 0. The molecule has 4 nitrogen and oxygen atoms in total. The second-order valence-electron chi connectivity index (χ2n) is 2.71. The molecule has 5 heteroatoms. The lowest BCUT2D eigenvalue weighted by atomic mass is 10.3. The molecular weight excluding hydrogens is 208 g/mol. The van der Waals surface area contributed by atoms with E-state index in [1.54, 1.807) is 0 Å². The van der Waals surface area contributed by atoms with Gasteiger partial charge in [-0.25, -0.2) is 4.79 Å². The number of phenolic OH excluding ortho intramolecular Hbond substituents is 1. The molecule has 0 amide bonds. The van der Waals surface area contributed by atoms with Gasteiger partial charge >= 0.3 is 5.97 Å². The molecule has 0 saturated heterocycles. The van der Waals surface area contributed by atoms with Crippen molar-refractivity contribution in [1.29, 1.82) is 0 Å². The first-order valence-electron chi connectivity index (χ1n) is 3.88. The summed E-state index contributed by atoms with van der Waals surface area (Å²) in [6, 6.07) is 4.20. The summed E-state index contributed by atoms with van der Waals surface area (Å²) in [5, 5.41) is 18.2. The highest BCUT2D eigenvalue weighted by atomic mass is 35.5. The van der Waals surface area contributed by atoms with E-state index < -0.39 is 12.1 Å². The maximum absolute atomic E-state index is 10.4. The van der Waals surface area contributed by atoms with Crippen molar-refractivity contribution in [3.63, 3.8) is 0 Å². The van der Waals surface area contributed by atoms with Gasteiger partial charge in [-0.2, -0.15) is 0 Å². The lowest BCUT2D eigenvalue weighted by Crippen LogP contribution is -2.22. The molecule has 0 unspecified atom stereocenters. The van der Waals surface area contributed by atoms with Crippen LogP contribution in [0.15, 0.2) is 18.2 Å². The normalized spacial score (nSPS) is 12.1. The molecule has 0 aliphatic carbocycles. The Morgan fingerprint density at radius 2 is 2.21 bits per heavy atom. The number of benzene rings is 1. The molecule has 0 aromatic heterocycles. The minimum absolute atomic E-state index is 0.101. The molecule has 14 heavy (non-hydrogen) atoms. The number of aliphatic carboxylic acids is 1. The molecule has 0 aliphatic heterocycles. The van der Waals surface area contributed by atoms with E-state index in [0.29, 0.717) is 5.02 Å². The lowest BCUT2D eigenvalue weighted by molar-refractivity contribution is -0.144. The average Bonchev–Trinajstić information content (AvgIpc) is 2.09. The number of hydrogen-bond acceptors (Lipinski definition) is 3. The third kappa shape index (κ3) is 2.53. The van der Waals surface area contributed by atoms with Gasteiger partial charge in [-0.1, -0.05) is 11.6 Å². The van der Waals surface area contributed by atoms with Gasteiger partial charge in [0, 0.05) is 11.1 Å². The van der Waals surface area contributed by atoms with Gasteiger partial charge in [-0.3, -0.25) is 0 Å². The van der Waals surface area contributed by atoms with Gasteiger partial charge in [0.15, 0.2) is 17.6 Å². The number of carbonyl (C=O) groups is 1. The van der Waals surface area contributed by atoms with Crippen LogP contribution in [-0.4, -0.2) is 22.3 Å².